The molecule has 2 aromatic rings. The maximum Gasteiger partial charge on any atom is 0.137 e. The molecule has 112 valence electrons. The average Bonchev–Trinajstić information content (AvgIpc) is 2.48. The highest BCUT2D eigenvalue weighted by molar-refractivity contribution is 6.32. The van der Waals surface area contributed by atoms with E-state index in [2.05, 4.69) is 5.32 Å². The van der Waals surface area contributed by atoms with Crippen molar-refractivity contribution in [3.63, 3.8) is 0 Å². The van der Waals surface area contributed by atoms with Crippen molar-refractivity contribution < 1.29 is 13.5 Å². The first-order valence-electron chi connectivity index (χ1n) is 6.58. The number of hydrogen-bond donors (Lipinski definition) is 1. The number of rotatable bonds is 5. The minimum Gasteiger partial charge on any atom is -0.495 e. The fraction of sp³-hybridized carbons (Fsp3) is 0.250. The molecule has 0 aliphatic rings. The van der Waals surface area contributed by atoms with Gasteiger partial charge in [-0.25, -0.2) is 8.78 Å². The van der Waals surface area contributed by atoms with Crippen molar-refractivity contribution in [3.05, 3.63) is 64.2 Å². The highest BCUT2D eigenvalue weighted by Gasteiger charge is 2.19. The van der Waals surface area contributed by atoms with E-state index in [0.717, 1.165) is 17.7 Å². The molecule has 0 amide bonds. The van der Waals surface area contributed by atoms with Crippen LogP contribution < -0.4 is 10.1 Å². The lowest BCUT2D eigenvalue weighted by Gasteiger charge is -2.20. The van der Waals surface area contributed by atoms with E-state index < -0.39 is 17.7 Å². The molecular weight excluding hydrogens is 296 g/mol. The van der Waals surface area contributed by atoms with Gasteiger partial charge in [0.25, 0.3) is 0 Å². The second-order valence-corrected chi connectivity index (χ2v) is 4.96. The summed E-state index contributed by atoms with van der Waals surface area (Å²) in [4.78, 5) is 0. The molecule has 1 atom stereocenters. The van der Waals surface area contributed by atoms with Gasteiger partial charge in [-0.15, -0.1) is 0 Å². The minimum absolute atomic E-state index is 0.251. The standard InChI is InChI=1S/C16H16ClF2NO/c1-3-20-16(12-9-11(18)5-7-14(12)19)10-4-6-13(17)15(8-10)21-2/h4-9,16,20H,3H2,1-2H3. The molecule has 1 N–H and O–H groups in total. The maximum atomic E-state index is 14.0. The van der Waals surface area contributed by atoms with E-state index >= 15 is 0 Å². The summed E-state index contributed by atoms with van der Waals surface area (Å²) >= 11 is 6.00. The van der Waals surface area contributed by atoms with Crippen molar-refractivity contribution >= 4 is 11.6 Å². The van der Waals surface area contributed by atoms with Gasteiger partial charge in [-0.2, -0.15) is 0 Å². The van der Waals surface area contributed by atoms with Crippen molar-refractivity contribution in [2.24, 2.45) is 0 Å². The summed E-state index contributed by atoms with van der Waals surface area (Å²) in [5, 5.41) is 3.62. The topological polar surface area (TPSA) is 21.3 Å². The molecule has 0 fully saturated rings. The highest BCUT2D eigenvalue weighted by atomic mass is 35.5. The largest absolute Gasteiger partial charge is 0.495 e. The molecule has 2 rings (SSSR count). The molecule has 2 aromatic carbocycles. The Morgan fingerprint density at radius 3 is 2.62 bits per heavy atom. The van der Waals surface area contributed by atoms with Crippen molar-refractivity contribution in [1.82, 2.24) is 5.32 Å². The van der Waals surface area contributed by atoms with Gasteiger partial charge in [0, 0.05) is 5.56 Å². The summed E-state index contributed by atoms with van der Waals surface area (Å²) in [6, 6.07) is 8.12. The molecule has 5 heteroatoms. The first-order chi connectivity index (χ1) is 10.1. The third-order valence-electron chi connectivity index (χ3n) is 3.19. The van der Waals surface area contributed by atoms with Gasteiger partial charge in [-0.3, -0.25) is 0 Å². The van der Waals surface area contributed by atoms with Gasteiger partial charge in [-0.05, 0) is 42.4 Å². The van der Waals surface area contributed by atoms with E-state index in [1.165, 1.54) is 13.2 Å². The van der Waals surface area contributed by atoms with E-state index in [1.54, 1.807) is 18.2 Å². The van der Waals surface area contributed by atoms with Crippen molar-refractivity contribution in [1.29, 1.82) is 0 Å². The number of benzene rings is 2. The lowest BCUT2D eigenvalue weighted by molar-refractivity contribution is 0.413. The van der Waals surface area contributed by atoms with Crippen LogP contribution in [0.2, 0.25) is 5.02 Å². The van der Waals surface area contributed by atoms with Gasteiger partial charge in [0.1, 0.15) is 17.4 Å². The Morgan fingerprint density at radius 1 is 1.19 bits per heavy atom. The number of methoxy groups -OCH3 is 1. The van der Waals surface area contributed by atoms with Gasteiger partial charge < -0.3 is 10.1 Å². The summed E-state index contributed by atoms with van der Waals surface area (Å²) in [7, 11) is 1.51. The monoisotopic (exact) mass is 311 g/mol. The number of halogens is 3. The van der Waals surface area contributed by atoms with Crippen molar-refractivity contribution in [2.75, 3.05) is 13.7 Å². The van der Waals surface area contributed by atoms with Crippen LogP contribution in [0.4, 0.5) is 8.78 Å². The molecule has 0 radical (unpaired) electrons. The van der Waals surface area contributed by atoms with Crippen LogP contribution in [0.1, 0.15) is 24.1 Å². The highest BCUT2D eigenvalue weighted by Crippen LogP contribution is 2.31. The quantitative estimate of drug-likeness (QED) is 0.887. The lowest BCUT2D eigenvalue weighted by Crippen LogP contribution is -2.23. The summed E-state index contributed by atoms with van der Waals surface area (Å²) in [5.41, 5.74) is 1.00. The van der Waals surface area contributed by atoms with Crippen LogP contribution in [0.5, 0.6) is 5.75 Å². The molecular formula is C16H16ClF2NO. The fourth-order valence-electron chi connectivity index (χ4n) is 2.20. The first-order valence-corrected chi connectivity index (χ1v) is 6.96. The zero-order valence-corrected chi connectivity index (χ0v) is 12.5. The van der Waals surface area contributed by atoms with E-state index in [1.807, 2.05) is 6.92 Å². The molecule has 0 heterocycles. The molecule has 21 heavy (non-hydrogen) atoms. The Morgan fingerprint density at radius 2 is 1.95 bits per heavy atom. The summed E-state index contributed by atoms with van der Waals surface area (Å²) < 4.78 is 32.6. The Balaban J connectivity index is 2.50. The van der Waals surface area contributed by atoms with Gasteiger partial charge in [-0.1, -0.05) is 24.6 Å². The average molecular weight is 312 g/mol. The normalized spacial score (nSPS) is 12.2. The number of nitrogens with one attached hydrogen (secondary N) is 1. The zero-order valence-electron chi connectivity index (χ0n) is 11.8. The van der Waals surface area contributed by atoms with Crippen LogP contribution in [0, 0.1) is 11.6 Å². The summed E-state index contributed by atoms with van der Waals surface area (Å²) in [6.07, 6.45) is 0. The van der Waals surface area contributed by atoms with Gasteiger partial charge in [0.05, 0.1) is 18.2 Å². The molecule has 0 aromatic heterocycles. The molecule has 1 unspecified atom stereocenters. The second kappa shape index (κ2) is 6.87. The Hall–Kier alpha value is -1.65. The van der Waals surface area contributed by atoms with Crippen LogP contribution in [0.15, 0.2) is 36.4 Å². The Labute approximate surface area is 127 Å². The predicted molar refractivity (Wildman–Crippen MR) is 79.9 cm³/mol. The minimum atomic E-state index is -0.477. The van der Waals surface area contributed by atoms with Crippen LogP contribution in [0.25, 0.3) is 0 Å². The van der Waals surface area contributed by atoms with E-state index in [4.69, 9.17) is 16.3 Å². The summed E-state index contributed by atoms with van der Waals surface area (Å²) in [5.74, 6) is -0.444. The fourth-order valence-corrected chi connectivity index (χ4v) is 2.40. The Bertz CT molecular complexity index is 634. The first kappa shape index (κ1) is 15.7. The van der Waals surface area contributed by atoms with E-state index in [0.29, 0.717) is 17.3 Å². The number of hydrogen-bond acceptors (Lipinski definition) is 2. The van der Waals surface area contributed by atoms with Gasteiger partial charge >= 0.3 is 0 Å². The van der Waals surface area contributed by atoms with E-state index in [-0.39, 0.29) is 5.56 Å². The van der Waals surface area contributed by atoms with Crippen LogP contribution in [-0.4, -0.2) is 13.7 Å². The molecule has 2 nitrogen and oxygen atoms in total. The molecule has 0 spiro atoms. The van der Waals surface area contributed by atoms with Crippen LogP contribution in [0.3, 0.4) is 0 Å². The van der Waals surface area contributed by atoms with Crippen LogP contribution in [-0.2, 0) is 0 Å². The smallest absolute Gasteiger partial charge is 0.137 e. The van der Waals surface area contributed by atoms with Crippen molar-refractivity contribution in [3.8, 4) is 5.75 Å². The third kappa shape index (κ3) is 3.52. The third-order valence-corrected chi connectivity index (χ3v) is 3.50. The molecule has 0 saturated heterocycles. The second-order valence-electron chi connectivity index (χ2n) is 4.55. The maximum absolute atomic E-state index is 14.0. The predicted octanol–water partition coefficient (Wildman–Crippen LogP) is 4.33. The molecule has 0 saturated carbocycles. The van der Waals surface area contributed by atoms with Gasteiger partial charge in [0.2, 0.25) is 0 Å². The molecule has 0 bridgehead atoms. The van der Waals surface area contributed by atoms with Crippen LogP contribution >= 0.6 is 11.6 Å². The van der Waals surface area contributed by atoms with E-state index in [9.17, 15) is 8.78 Å². The van der Waals surface area contributed by atoms with Gasteiger partial charge in [0.15, 0.2) is 0 Å². The lowest BCUT2D eigenvalue weighted by atomic mass is 9.97. The zero-order chi connectivity index (χ0) is 15.4. The Kier molecular flexibility index (Phi) is 5.15. The SMILES string of the molecule is CCNC(c1ccc(Cl)c(OC)c1)c1cc(F)ccc1F. The molecule has 0 aliphatic heterocycles. The number of ether oxygens (including phenoxy) is 1. The summed E-state index contributed by atoms with van der Waals surface area (Å²) in [6.45, 7) is 2.50. The van der Waals surface area contributed by atoms with Crippen molar-refractivity contribution in [2.45, 2.75) is 13.0 Å². The molecule has 0 aliphatic carbocycles.